The molecule has 0 saturated heterocycles. The number of nitrogen functional groups attached to an aromatic ring is 2. The van der Waals surface area contributed by atoms with Crippen molar-refractivity contribution in [3.8, 4) is 11.5 Å². The van der Waals surface area contributed by atoms with Crippen molar-refractivity contribution in [1.29, 1.82) is 0 Å². The molecule has 270 valence electrons. The number of rotatable bonds is 10. The molecular weight excluding hydrogens is 684 g/mol. The fraction of sp³-hybridized carbons (Fsp3) is 0.143. The van der Waals surface area contributed by atoms with E-state index in [1.807, 2.05) is 36.4 Å². The van der Waals surface area contributed by atoms with Gasteiger partial charge < -0.3 is 51.8 Å². The van der Waals surface area contributed by atoms with Crippen LogP contribution in [0.25, 0.3) is 21.8 Å². The Hall–Kier alpha value is -6.76. The van der Waals surface area contributed by atoms with Crippen molar-refractivity contribution in [2.45, 2.75) is 38.4 Å². The predicted octanol–water partition coefficient (Wildman–Crippen LogP) is 6.32. The summed E-state index contributed by atoms with van der Waals surface area (Å²) in [4.78, 5) is 32.4. The number of carbonyl (C=O) groups excluding carboxylic acids is 2. The average molecular weight is 721 g/mol. The number of nitrogens with two attached hydrogens (primary N) is 2. The number of benzene rings is 5. The van der Waals surface area contributed by atoms with Gasteiger partial charge in [0.15, 0.2) is 12.2 Å². The SMILES string of the molecule is Nc1cccc2c(C3OC(=O)c4ccc(O)cc43)c(CNCc3ccc(CNCc4[nH]c5c(N)cccc5c4C4OC(=O)c5ccc(O)cc54)cc3)[nH]c12. The van der Waals surface area contributed by atoms with Crippen molar-refractivity contribution in [1.82, 2.24) is 20.6 Å². The monoisotopic (exact) mass is 720 g/mol. The first-order valence-corrected chi connectivity index (χ1v) is 17.6. The molecule has 2 unspecified atom stereocenters. The van der Waals surface area contributed by atoms with E-state index in [9.17, 15) is 19.8 Å². The molecule has 12 nitrogen and oxygen atoms in total. The van der Waals surface area contributed by atoms with Crippen LogP contribution >= 0.6 is 0 Å². The van der Waals surface area contributed by atoms with Gasteiger partial charge >= 0.3 is 11.9 Å². The lowest BCUT2D eigenvalue weighted by atomic mass is 9.96. The van der Waals surface area contributed by atoms with Crippen LogP contribution in [0.1, 0.15) is 77.7 Å². The molecule has 10 N–H and O–H groups in total. The molecule has 0 aliphatic carbocycles. The van der Waals surface area contributed by atoms with Crippen LogP contribution in [0.5, 0.6) is 11.5 Å². The molecule has 5 aromatic carbocycles. The number of aromatic amines is 2. The Balaban J connectivity index is 0.887. The number of ether oxygens (including phenoxy) is 2. The zero-order valence-electron chi connectivity index (χ0n) is 28.9. The van der Waals surface area contributed by atoms with Crippen molar-refractivity contribution >= 4 is 45.1 Å². The molecule has 2 atom stereocenters. The fourth-order valence-corrected chi connectivity index (χ4v) is 7.75. The van der Waals surface area contributed by atoms with E-state index in [4.69, 9.17) is 20.9 Å². The number of aromatic nitrogens is 2. The summed E-state index contributed by atoms with van der Waals surface area (Å²) in [6.07, 6.45) is -1.37. The molecule has 0 bridgehead atoms. The van der Waals surface area contributed by atoms with Crippen LogP contribution in [0.3, 0.4) is 0 Å². The highest BCUT2D eigenvalue weighted by atomic mass is 16.6. The molecule has 0 saturated carbocycles. The standard InChI is InChI=1S/C42H36N6O6/c43-31-5-1-3-27-35(39-29-15-23(49)11-13-25(29)41(51)53-39)33(47-37(27)31)19-45-17-21-7-9-22(10-8-21)18-46-20-34-36(28-4-2-6-32(44)38(28)48-34)40-30-16-24(50)12-14-26(30)42(52)54-40/h1-16,39-40,45-50H,17-20,43-44H2. The summed E-state index contributed by atoms with van der Waals surface area (Å²) in [5.41, 5.74) is 22.9. The fourth-order valence-electron chi connectivity index (χ4n) is 7.75. The third-order valence-corrected chi connectivity index (χ3v) is 10.3. The van der Waals surface area contributed by atoms with Gasteiger partial charge in [0, 0.05) is 70.6 Å². The topological polar surface area (TPSA) is 201 Å². The van der Waals surface area contributed by atoms with Crippen LogP contribution in [0.4, 0.5) is 11.4 Å². The molecule has 54 heavy (non-hydrogen) atoms. The van der Waals surface area contributed by atoms with E-state index >= 15 is 0 Å². The molecule has 0 spiro atoms. The summed E-state index contributed by atoms with van der Waals surface area (Å²) in [6, 6.07) is 28.9. The number of aromatic hydroxyl groups is 2. The number of hydrogen-bond acceptors (Lipinski definition) is 10. The van der Waals surface area contributed by atoms with Gasteiger partial charge in [-0.05, 0) is 59.7 Å². The van der Waals surface area contributed by atoms with E-state index < -0.39 is 24.1 Å². The number of phenolic OH excluding ortho intramolecular Hbond substituents is 2. The lowest BCUT2D eigenvalue weighted by Gasteiger charge is -2.14. The van der Waals surface area contributed by atoms with Crippen LogP contribution in [0, 0.1) is 0 Å². The Morgan fingerprint density at radius 3 is 1.43 bits per heavy atom. The minimum atomic E-state index is -0.686. The number of carbonyl (C=O) groups is 2. The summed E-state index contributed by atoms with van der Waals surface area (Å²) < 4.78 is 11.7. The van der Waals surface area contributed by atoms with Crippen molar-refractivity contribution < 1.29 is 29.3 Å². The lowest BCUT2D eigenvalue weighted by molar-refractivity contribution is 0.0447. The van der Waals surface area contributed by atoms with Crippen molar-refractivity contribution in [3.63, 3.8) is 0 Å². The van der Waals surface area contributed by atoms with Gasteiger partial charge in [0.25, 0.3) is 0 Å². The Morgan fingerprint density at radius 2 is 1.00 bits per heavy atom. The number of para-hydroxylation sites is 2. The number of nitrogens with one attached hydrogen (secondary N) is 4. The lowest BCUT2D eigenvalue weighted by Crippen LogP contribution is -2.16. The highest BCUT2D eigenvalue weighted by molar-refractivity contribution is 5.99. The first kappa shape index (κ1) is 33.1. The molecular formula is C42H36N6O6. The van der Waals surface area contributed by atoms with Gasteiger partial charge in [-0.15, -0.1) is 0 Å². The normalized spacial score (nSPS) is 16.1. The molecule has 12 heteroatoms. The van der Waals surface area contributed by atoms with Gasteiger partial charge in [-0.1, -0.05) is 48.5 Å². The van der Waals surface area contributed by atoms with Crippen LogP contribution in [-0.4, -0.2) is 32.1 Å². The van der Waals surface area contributed by atoms with Gasteiger partial charge in [-0.25, -0.2) is 9.59 Å². The van der Waals surface area contributed by atoms with Gasteiger partial charge in [-0.2, -0.15) is 0 Å². The largest absolute Gasteiger partial charge is 0.508 e. The van der Waals surface area contributed by atoms with Crippen LogP contribution in [-0.2, 0) is 35.7 Å². The molecule has 2 aliphatic rings. The molecule has 0 fully saturated rings. The maximum Gasteiger partial charge on any atom is 0.339 e. The number of phenols is 2. The van der Waals surface area contributed by atoms with E-state index in [-0.39, 0.29) is 11.5 Å². The number of fused-ring (bicyclic) bond motifs is 4. The van der Waals surface area contributed by atoms with Gasteiger partial charge in [0.05, 0.1) is 33.5 Å². The first-order chi connectivity index (χ1) is 26.2. The number of hydrogen-bond donors (Lipinski definition) is 8. The summed E-state index contributed by atoms with van der Waals surface area (Å²) >= 11 is 0. The summed E-state index contributed by atoms with van der Waals surface area (Å²) in [5, 5.41) is 29.2. The Kier molecular flexibility index (Phi) is 7.98. The van der Waals surface area contributed by atoms with Gasteiger partial charge in [0.1, 0.15) is 11.5 Å². The second kappa shape index (κ2) is 13.0. The summed E-state index contributed by atoms with van der Waals surface area (Å²) in [7, 11) is 0. The van der Waals surface area contributed by atoms with Crippen LogP contribution in [0.15, 0.2) is 97.1 Å². The smallest absolute Gasteiger partial charge is 0.339 e. The van der Waals surface area contributed by atoms with E-state index in [1.165, 1.54) is 12.1 Å². The zero-order valence-corrected chi connectivity index (χ0v) is 28.9. The quantitative estimate of drug-likeness (QED) is 0.0584. The Morgan fingerprint density at radius 1 is 0.574 bits per heavy atom. The molecule has 9 rings (SSSR count). The Bertz CT molecular complexity index is 2450. The van der Waals surface area contributed by atoms with E-state index in [0.29, 0.717) is 59.8 Å². The number of esters is 2. The van der Waals surface area contributed by atoms with Crippen molar-refractivity contribution in [3.05, 3.63) is 153 Å². The van der Waals surface area contributed by atoms with E-state index in [0.717, 1.165) is 55.4 Å². The summed E-state index contributed by atoms with van der Waals surface area (Å²) in [5.74, 6) is -0.738. The van der Waals surface area contributed by atoms with Gasteiger partial charge in [-0.3, -0.25) is 0 Å². The van der Waals surface area contributed by atoms with E-state index in [2.05, 4.69) is 44.9 Å². The molecule has 0 amide bonds. The molecule has 7 aromatic rings. The molecule has 2 aromatic heterocycles. The number of H-pyrrole nitrogens is 2. The number of anilines is 2. The molecule has 4 heterocycles. The zero-order chi connectivity index (χ0) is 37.1. The van der Waals surface area contributed by atoms with Crippen LogP contribution in [0.2, 0.25) is 0 Å². The first-order valence-electron chi connectivity index (χ1n) is 17.6. The minimum Gasteiger partial charge on any atom is -0.508 e. The molecule has 0 radical (unpaired) electrons. The second-order valence-electron chi connectivity index (χ2n) is 13.7. The Labute approximate surface area is 308 Å². The molecule has 2 aliphatic heterocycles. The minimum absolute atomic E-state index is 0.0620. The predicted molar refractivity (Wildman–Crippen MR) is 204 cm³/mol. The van der Waals surface area contributed by atoms with Crippen LogP contribution < -0.4 is 22.1 Å². The van der Waals surface area contributed by atoms with E-state index in [1.54, 1.807) is 24.3 Å². The average Bonchev–Trinajstić information content (AvgIpc) is 3.90. The maximum absolute atomic E-state index is 12.8. The van der Waals surface area contributed by atoms with Gasteiger partial charge in [0.2, 0.25) is 0 Å². The third kappa shape index (κ3) is 5.65. The van der Waals surface area contributed by atoms with Crippen molar-refractivity contribution in [2.24, 2.45) is 0 Å². The highest BCUT2D eigenvalue weighted by Crippen LogP contribution is 2.44. The third-order valence-electron chi connectivity index (χ3n) is 10.3. The number of cyclic esters (lactones) is 2. The van der Waals surface area contributed by atoms with Crippen molar-refractivity contribution in [2.75, 3.05) is 11.5 Å². The summed E-state index contributed by atoms with van der Waals surface area (Å²) in [6.45, 7) is 2.06. The highest BCUT2D eigenvalue weighted by Gasteiger charge is 2.37. The maximum atomic E-state index is 12.8. The second-order valence-corrected chi connectivity index (χ2v) is 13.7.